The molecule has 0 aliphatic heterocycles. The SMILES string of the molecule is COc1ccc([N+](=O)[O-])c(-n2cncc2C)n1. The van der Waals surface area contributed by atoms with Crippen LogP contribution in [0.15, 0.2) is 24.7 Å². The van der Waals surface area contributed by atoms with Crippen molar-refractivity contribution in [3.05, 3.63) is 40.5 Å². The number of nitro groups is 1. The van der Waals surface area contributed by atoms with Gasteiger partial charge in [-0.25, -0.2) is 4.98 Å². The maximum Gasteiger partial charge on any atom is 0.312 e. The van der Waals surface area contributed by atoms with E-state index < -0.39 is 4.92 Å². The number of hydrogen-bond donors (Lipinski definition) is 0. The molecule has 17 heavy (non-hydrogen) atoms. The Labute approximate surface area is 96.8 Å². The first-order valence-corrected chi connectivity index (χ1v) is 4.82. The number of hydrogen-bond acceptors (Lipinski definition) is 5. The number of aryl methyl sites for hydroxylation is 1. The largest absolute Gasteiger partial charge is 0.481 e. The summed E-state index contributed by atoms with van der Waals surface area (Å²) < 4.78 is 6.50. The first kappa shape index (κ1) is 11.1. The molecule has 7 heteroatoms. The topological polar surface area (TPSA) is 83.1 Å². The smallest absolute Gasteiger partial charge is 0.312 e. The van der Waals surface area contributed by atoms with E-state index in [1.807, 2.05) is 0 Å². The van der Waals surface area contributed by atoms with Gasteiger partial charge in [0.05, 0.1) is 12.0 Å². The molecule has 0 amide bonds. The summed E-state index contributed by atoms with van der Waals surface area (Å²) in [6.07, 6.45) is 3.08. The van der Waals surface area contributed by atoms with Gasteiger partial charge in [-0.05, 0) is 6.92 Å². The number of ether oxygens (including phenoxy) is 1. The van der Waals surface area contributed by atoms with Crippen molar-refractivity contribution in [2.24, 2.45) is 0 Å². The summed E-state index contributed by atoms with van der Waals surface area (Å²) in [4.78, 5) is 18.4. The Morgan fingerprint density at radius 1 is 1.47 bits per heavy atom. The second-order valence-corrected chi connectivity index (χ2v) is 3.36. The van der Waals surface area contributed by atoms with Crippen molar-refractivity contribution in [1.82, 2.24) is 14.5 Å². The zero-order chi connectivity index (χ0) is 12.4. The van der Waals surface area contributed by atoms with Crippen LogP contribution in [-0.2, 0) is 0 Å². The van der Waals surface area contributed by atoms with Crippen molar-refractivity contribution in [3.63, 3.8) is 0 Å². The van der Waals surface area contributed by atoms with Crippen LogP contribution < -0.4 is 4.74 Å². The van der Waals surface area contributed by atoms with Crippen LogP contribution in [0.25, 0.3) is 5.82 Å². The molecule has 2 rings (SSSR count). The van der Waals surface area contributed by atoms with Gasteiger partial charge in [0.25, 0.3) is 0 Å². The summed E-state index contributed by atoms with van der Waals surface area (Å²) in [7, 11) is 1.46. The number of imidazole rings is 1. The highest BCUT2D eigenvalue weighted by molar-refractivity contribution is 5.49. The predicted molar refractivity (Wildman–Crippen MR) is 59.3 cm³/mol. The molecule has 0 aliphatic carbocycles. The molecule has 0 spiro atoms. The van der Waals surface area contributed by atoms with Gasteiger partial charge in [0.1, 0.15) is 6.33 Å². The molecule has 2 heterocycles. The molecular weight excluding hydrogens is 224 g/mol. The quantitative estimate of drug-likeness (QED) is 0.593. The van der Waals surface area contributed by atoms with Gasteiger partial charge in [-0.3, -0.25) is 14.7 Å². The van der Waals surface area contributed by atoms with Crippen molar-refractivity contribution in [1.29, 1.82) is 0 Å². The van der Waals surface area contributed by atoms with E-state index in [1.54, 1.807) is 17.7 Å². The maximum absolute atomic E-state index is 10.9. The van der Waals surface area contributed by atoms with Crippen LogP contribution in [-0.4, -0.2) is 26.6 Å². The Bertz CT molecular complexity index is 564. The van der Waals surface area contributed by atoms with Gasteiger partial charge in [0, 0.05) is 24.0 Å². The van der Waals surface area contributed by atoms with Gasteiger partial charge in [-0.15, -0.1) is 0 Å². The van der Waals surface area contributed by atoms with Crippen LogP contribution in [0.5, 0.6) is 5.88 Å². The van der Waals surface area contributed by atoms with Gasteiger partial charge in [-0.2, -0.15) is 4.98 Å². The zero-order valence-electron chi connectivity index (χ0n) is 9.32. The Morgan fingerprint density at radius 2 is 2.24 bits per heavy atom. The molecule has 0 saturated carbocycles. The average molecular weight is 234 g/mol. The molecule has 0 radical (unpaired) electrons. The maximum atomic E-state index is 10.9. The fourth-order valence-electron chi connectivity index (χ4n) is 1.44. The lowest BCUT2D eigenvalue weighted by molar-refractivity contribution is -0.384. The molecule has 0 unspecified atom stereocenters. The van der Waals surface area contributed by atoms with Crippen LogP contribution in [0, 0.1) is 17.0 Å². The lowest BCUT2D eigenvalue weighted by Gasteiger charge is -2.06. The minimum atomic E-state index is -0.485. The van der Waals surface area contributed by atoms with Crippen molar-refractivity contribution < 1.29 is 9.66 Å². The molecule has 0 atom stereocenters. The number of rotatable bonds is 3. The monoisotopic (exact) mass is 234 g/mol. The molecule has 88 valence electrons. The third kappa shape index (κ3) is 1.94. The van der Waals surface area contributed by atoms with Gasteiger partial charge in [0.2, 0.25) is 11.7 Å². The lowest BCUT2D eigenvalue weighted by Crippen LogP contribution is -2.04. The minimum Gasteiger partial charge on any atom is -0.481 e. The van der Waals surface area contributed by atoms with E-state index in [2.05, 4.69) is 9.97 Å². The fourth-order valence-corrected chi connectivity index (χ4v) is 1.44. The summed E-state index contributed by atoms with van der Waals surface area (Å²) in [5.41, 5.74) is 0.667. The molecule has 0 fully saturated rings. The average Bonchev–Trinajstić information content (AvgIpc) is 2.74. The summed E-state index contributed by atoms with van der Waals surface area (Å²) in [6, 6.07) is 2.81. The molecule has 2 aromatic rings. The first-order valence-electron chi connectivity index (χ1n) is 4.82. The van der Waals surface area contributed by atoms with Crippen molar-refractivity contribution in [3.8, 4) is 11.7 Å². The van der Waals surface area contributed by atoms with Crippen LogP contribution >= 0.6 is 0 Å². The van der Waals surface area contributed by atoms with E-state index in [4.69, 9.17) is 4.74 Å². The van der Waals surface area contributed by atoms with Gasteiger partial charge < -0.3 is 4.74 Å². The summed E-state index contributed by atoms with van der Waals surface area (Å²) in [5, 5.41) is 10.9. The van der Waals surface area contributed by atoms with Crippen molar-refractivity contribution in [2.75, 3.05) is 7.11 Å². The lowest BCUT2D eigenvalue weighted by atomic mass is 10.3. The van der Waals surface area contributed by atoms with Crippen LogP contribution in [0.2, 0.25) is 0 Å². The fraction of sp³-hybridized carbons (Fsp3) is 0.200. The summed E-state index contributed by atoms with van der Waals surface area (Å²) in [5.74, 6) is 0.517. The Balaban J connectivity index is 2.65. The molecular formula is C10H10N4O3. The molecule has 0 bridgehead atoms. The van der Waals surface area contributed by atoms with Crippen LogP contribution in [0.3, 0.4) is 0 Å². The molecule has 0 N–H and O–H groups in total. The van der Waals surface area contributed by atoms with E-state index in [0.29, 0.717) is 5.88 Å². The van der Waals surface area contributed by atoms with E-state index in [1.165, 1.54) is 25.6 Å². The van der Waals surface area contributed by atoms with Gasteiger partial charge in [-0.1, -0.05) is 0 Å². The highest BCUT2D eigenvalue weighted by Gasteiger charge is 2.19. The normalized spacial score (nSPS) is 10.2. The third-order valence-electron chi connectivity index (χ3n) is 2.29. The molecule has 7 nitrogen and oxygen atoms in total. The molecule has 0 aromatic carbocycles. The zero-order valence-corrected chi connectivity index (χ0v) is 9.32. The summed E-state index contributed by atoms with van der Waals surface area (Å²) in [6.45, 7) is 1.79. The van der Waals surface area contributed by atoms with E-state index >= 15 is 0 Å². The second kappa shape index (κ2) is 4.20. The van der Waals surface area contributed by atoms with Crippen LogP contribution in [0.1, 0.15) is 5.69 Å². The Kier molecular flexibility index (Phi) is 2.73. The number of pyridine rings is 1. The second-order valence-electron chi connectivity index (χ2n) is 3.36. The number of nitrogens with zero attached hydrogens (tertiary/aromatic N) is 4. The summed E-state index contributed by atoms with van der Waals surface area (Å²) >= 11 is 0. The predicted octanol–water partition coefficient (Wildman–Crippen LogP) is 1.49. The minimum absolute atomic E-state index is 0.0908. The standard InChI is InChI=1S/C10H10N4O3/c1-7-5-11-6-13(7)10-8(14(15)16)3-4-9(12-10)17-2/h3-6H,1-2H3. The Morgan fingerprint density at radius 3 is 2.76 bits per heavy atom. The first-order chi connectivity index (χ1) is 8.13. The Hall–Kier alpha value is -2.44. The van der Waals surface area contributed by atoms with E-state index in [9.17, 15) is 10.1 Å². The van der Waals surface area contributed by atoms with Crippen molar-refractivity contribution >= 4 is 5.69 Å². The third-order valence-corrected chi connectivity index (χ3v) is 2.29. The molecule has 0 aliphatic rings. The number of methoxy groups -OCH3 is 1. The molecule has 2 aromatic heterocycles. The molecule has 0 saturated heterocycles. The van der Waals surface area contributed by atoms with Gasteiger partial charge >= 0.3 is 5.69 Å². The van der Waals surface area contributed by atoms with E-state index in [0.717, 1.165) is 5.69 Å². The van der Waals surface area contributed by atoms with Crippen molar-refractivity contribution in [2.45, 2.75) is 6.92 Å². The highest BCUT2D eigenvalue weighted by Crippen LogP contribution is 2.24. The van der Waals surface area contributed by atoms with E-state index in [-0.39, 0.29) is 11.5 Å². The number of aromatic nitrogens is 3. The van der Waals surface area contributed by atoms with Gasteiger partial charge in [0.15, 0.2) is 0 Å². The van der Waals surface area contributed by atoms with Crippen LogP contribution in [0.4, 0.5) is 5.69 Å². The highest BCUT2D eigenvalue weighted by atomic mass is 16.6.